The third kappa shape index (κ3) is 2.57. The molecule has 0 spiro atoms. The van der Waals surface area contributed by atoms with Gasteiger partial charge in [-0.3, -0.25) is 0 Å². The molecule has 0 aromatic carbocycles. The van der Waals surface area contributed by atoms with Crippen LogP contribution in [0.2, 0.25) is 0 Å². The average Bonchev–Trinajstić information content (AvgIpc) is 2.16. The van der Waals surface area contributed by atoms with Gasteiger partial charge in [0.1, 0.15) is 0 Å². The molecule has 0 fully saturated rings. The summed E-state index contributed by atoms with van der Waals surface area (Å²) in [5.41, 5.74) is 9.66. The van der Waals surface area contributed by atoms with E-state index in [9.17, 15) is 0 Å². The summed E-state index contributed by atoms with van der Waals surface area (Å²) < 4.78 is 0. The van der Waals surface area contributed by atoms with Gasteiger partial charge in [-0.25, -0.2) is 0 Å². The van der Waals surface area contributed by atoms with Crippen LogP contribution in [0.15, 0.2) is 23.3 Å². The summed E-state index contributed by atoms with van der Waals surface area (Å²) in [6, 6.07) is 0.115. The van der Waals surface area contributed by atoms with Crippen molar-refractivity contribution in [1.82, 2.24) is 0 Å². The van der Waals surface area contributed by atoms with E-state index in [1.807, 2.05) is 0 Å². The molecule has 1 heteroatoms. The van der Waals surface area contributed by atoms with E-state index >= 15 is 0 Å². The fourth-order valence-corrected chi connectivity index (χ4v) is 2.41. The van der Waals surface area contributed by atoms with E-state index in [4.69, 9.17) is 5.73 Å². The number of rotatable bonds is 2. The van der Waals surface area contributed by atoms with Crippen LogP contribution in [-0.2, 0) is 0 Å². The Morgan fingerprint density at radius 1 is 1.12 bits per heavy atom. The van der Waals surface area contributed by atoms with Crippen molar-refractivity contribution in [2.75, 3.05) is 0 Å². The number of hydrogen-bond acceptors (Lipinski definition) is 1. The lowest BCUT2D eigenvalue weighted by Crippen LogP contribution is -2.38. The highest BCUT2D eigenvalue weighted by atomic mass is 14.7. The summed E-state index contributed by atoms with van der Waals surface area (Å²) in [5.74, 6) is 0. The van der Waals surface area contributed by atoms with Crippen LogP contribution in [0.5, 0.6) is 0 Å². The van der Waals surface area contributed by atoms with Gasteiger partial charge in [-0.05, 0) is 34.8 Å². The summed E-state index contributed by atoms with van der Waals surface area (Å²) in [6.45, 7) is 13.6. The van der Waals surface area contributed by atoms with E-state index in [2.05, 4.69) is 53.7 Å². The van der Waals surface area contributed by atoms with Gasteiger partial charge in [0.2, 0.25) is 0 Å². The topological polar surface area (TPSA) is 26.0 Å². The Labute approximate surface area is 101 Å². The molecule has 0 aliphatic heterocycles. The molecular formula is C15H27N. The van der Waals surface area contributed by atoms with Crippen LogP contribution >= 0.6 is 0 Å². The summed E-state index contributed by atoms with van der Waals surface area (Å²) in [5, 5.41) is 0. The first-order chi connectivity index (χ1) is 7.20. The van der Waals surface area contributed by atoms with Crippen LogP contribution in [-0.4, -0.2) is 6.04 Å². The first-order valence-corrected chi connectivity index (χ1v) is 6.37. The molecule has 1 aliphatic carbocycles. The zero-order chi connectivity index (χ0) is 12.6. The number of allylic oxidation sites excluding steroid dienone is 2. The molecule has 0 saturated heterocycles. The van der Waals surface area contributed by atoms with Gasteiger partial charge in [-0.2, -0.15) is 0 Å². The molecule has 2 N–H and O–H groups in total. The summed E-state index contributed by atoms with van der Waals surface area (Å²) >= 11 is 0. The molecule has 92 valence electrons. The molecule has 0 saturated carbocycles. The smallest absolute Gasteiger partial charge is 0.0480 e. The fourth-order valence-electron chi connectivity index (χ4n) is 2.41. The van der Waals surface area contributed by atoms with Crippen LogP contribution in [0.1, 0.15) is 54.4 Å². The molecule has 16 heavy (non-hydrogen) atoms. The van der Waals surface area contributed by atoms with Crippen molar-refractivity contribution in [3.63, 3.8) is 0 Å². The Balaban J connectivity index is 3.00. The highest BCUT2D eigenvalue weighted by Crippen LogP contribution is 2.40. The van der Waals surface area contributed by atoms with Crippen molar-refractivity contribution in [1.29, 1.82) is 0 Å². The Morgan fingerprint density at radius 2 is 1.62 bits per heavy atom. The van der Waals surface area contributed by atoms with Crippen molar-refractivity contribution in [3.8, 4) is 0 Å². The van der Waals surface area contributed by atoms with Crippen molar-refractivity contribution in [3.05, 3.63) is 23.3 Å². The molecule has 0 amide bonds. The van der Waals surface area contributed by atoms with Gasteiger partial charge in [-0.1, -0.05) is 53.7 Å². The standard InChI is InChI=1S/C15H27N/c1-7-15(5,6)12-10-8-9-11(13(12)16)14(2,3)4/h9-10,13H,7-8,16H2,1-6H3. The fraction of sp³-hybridized carbons (Fsp3) is 0.733. The van der Waals surface area contributed by atoms with Gasteiger partial charge >= 0.3 is 0 Å². The van der Waals surface area contributed by atoms with E-state index in [1.165, 1.54) is 11.1 Å². The first-order valence-electron chi connectivity index (χ1n) is 6.37. The molecule has 0 radical (unpaired) electrons. The Morgan fingerprint density at radius 3 is 2.06 bits per heavy atom. The van der Waals surface area contributed by atoms with Crippen LogP contribution in [0.25, 0.3) is 0 Å². The molecule has 1 atom stereocenters. The van der Waals surface area contributed by atoms with E-state index in [0.717, 1.165) is 12.8 Å². The average molecular weight is 221 g/mol. The van der Waals surface area contributed by atoms with E-state index in [0.29, 0.717) is 0 Å². The van der Waals surface area contributed by atoms with Gasteiger partial charge in [0.05, 0.1) is 0 Å². The molecule has 1 rings (SSSR count). The minimum atomic E-state index is 0.115. The molecule has 1 unspecified atom stereocenters. The van der Waals surface area contributed by atoms with Crippen LogP contribution < -0.4 is 5.73 Å². The first kappa shape index (κ1) is 13.5. The highest BCUT2D eigenvalue weighted by Gasteiger charge is 2.33. The van der Waals surface area contributed by atoms with Crippen molar-refractivity contribution < 1.29 is 0 Å². The summed E-state index contributed by atoms with van der Waals surface area (Å²) in [6.07, 6.45) is 6.81. The van der Waals surface area contributed by atoms with Gasteiger partial charge in [0.25, 0.3) is 0 Å². The Bertz CT molecular complexity index is 313. The van der Waals surface area contributed by atoms with Gasteiger partial charge in [-0.15, -0.1) is 0 Å². The second-order valence-corrected chi connectivity index (χ2v) is 6.52. The van der Waals surface area contributed by atoms with Gasteiger partial charge in [0, 0.05) is 6.04 Å². The lowest BCUT2D eigenvalue weighted by atomic mass is 9.69. The molecule has 0 bridgehead atoms. The third-order valence-corrected chi connectivity index (χ3v) is 3.88. The van der Waals surface area contributed by atoms with Crippen LogP contribution in [0.4, 0.5) is 0 Å². The summed E-state index contributed by atoms with van der Waals surface area (Å²) in [7, 11) is 0. The maximum absolute atomic E-state index is 6.43. The monoisotopic (exact) mass is 221 g/mol. The number of nitrogens with two attached hydrogens (primary N) is 1. The largest absolute Gasteiger partial charge is 0.321 e. The van der Waals surface area contributed by atoms with Gasteiger partial charge in [0.15, 0.2) is 0 Å². The van der Waals surface area contributed by atoms with Crippen LogP contribution in [0, 0.1) is 10.8 Å². The Hall–Kier alpha value is -0.560. The lowest BCUT2D eigenvalue weighted by molar-refractivity contribution is 0.382. The third-order valence-electron chi connectivity index (χ3n) is 3.88. The molecule has 0 aromatic rings. The maximum Gasteiger partial charge on any atom is 0.0480 e. The van der Waals surface area contributed by atoms with Gasteiger partial charge < -0.3 is 5.73 Å². The minimum absolute atomic E-state index is 0.115. The van der Waals surface area contributed by atoms with Crippen molar-refractivity contribution >= 4 is 0 Å². The lowest BCUT2D eigenvalue weighted by Gasteiger charge is -2.38. The second-order valence-electron chi connectivity index (χ2n) is 6.52. The molecule has 1 nitrogen and oxygen atoms in total. The molecule has 1 aliphatic rings. The predicted molar refractivity (Wildman–Crippen MR) is 72.3 cm³/mol. The van der Waals surface area contributed by atoms with E-state index < -0.39 is 0 Å². The van der Waals surface area contributed by atoms with Crippen LogP contribution in [0.3, 0.4) is 0 Å². The minimum Gasteiger partial charge on any atom is -0.321 e. The Kier molecular flexibility index (Phi) is 3.69. The van der Waals surface area contributed by atoms with Crippen molar-refractivity contribution in [2.45, 2.75) is 60.4 Å². The quantitative estimate of drug-likeness (QED) is 0.699. The SMILES string of the molecule is CCC(C)(C)C1=CCC=C(C(C)(C)C)C1N. The zero-order valence-electron chi connectivity index (χ0n) is 11.7. The predicted octanol–water partition coefficient (Wildman–Crippen LogP) is 4.05. The van der Waals surface area contributed by atoms with E-state index in [-0.39, 0.29) is 16.9 Å². The maximum atomic E-state index is 6.43. The number of hydrogen-bond donors (Lipinski definition) is 1. The van der Waals surface area contributed by atoms with E-state index in [1.54, 1.807) is 0 Å². The normalized spacial score (nSPS) is 22.8. The second kappa shape index (κ2) is 4.37. The molecule has 0 heterocycles. The molecular weight excluding hydrogens is 194 g/mol. The zero-order valence-corrected chi connectivity index (χ0v) is 11.7. The summed E-state index contributed by atoms with van der Waals surface area (Å²) in [4.78, 5) is 0. The van der Waals surface area contributed by atoms with Crippen molar-refractivity contribution in [2.24, 2.45) is 16.6 Å². The molecule has 0 aromatic heterocycles. The highest BCUT2D eigenvalue weighted by molar-refractivity contribution is 5.37.